The molecule has 3 rings (SSSR count). The molecule has 0 bridgehead atoms. The molecule has 0 saturated carbocycles. The van der Waals surface area contributed by atoms with Gasteiger partial charge in [0.05, 0.1) is 15.6 Å². The molecule has 20 heavy (non-hydrogen) atoms. The predicted molar refractivity (Wildman–Crippen MR) is 78.4 cm³/mol. The summed E-state index contributed by atoms with van der Waals surface area (Å²) in [6.45, 7) is 3.84. The third-order valence-corrected chi connectivity index (χ3v) is 4.17. The maximum atomic E-state index is 12.1. The van der Waals surface area contributed by atoms with Gasteiger partial charge in [-0.05, 0) is 31.6 Å². The lowest BCUT2D eigenvalue weighted by Crippen LogP contribution is -2.36. The van der Waals surface area contributed by atoms with E-state index in [1.54, 1.807) is 24.3 Å². The first-order chi connectivity index (χ1) is 9.56. The molecule has 1 aromatic heterocycles. The Morgan fingerprint density at radius 2 is 1.80 bits per heavy atom. The highest BCUT2D eigenvalue weighted by atomic mass is 32.1. The number of imide groups is 1. The van der Waals surface area contributed by atoms with Gasteiger partial charge in [-0.25, -0.2) is 4.98 Å². The second kappa shape index (κ2) is 4.68. The number of aryl methyl sites for hydroxylation is 2. The van der Waals surface area contributed by atoms with Crippen molar-refractivity contribution in [2.45, 2.75) is 13.8 Å². The van der Waals surface area contributed by atoms with Crippen LogP contribution in [-0.2, 0) is 4.79 Å². The van der Waals surface area contributed by atoms with Crippen LogP contribution >= 0.6 is 11.3 Å². The van der Waals surface area contributed by atoms with Crippen LogP contribution in [0, 0.1) is 13.8 Å². The molecule has 0 atom stereocenters. The van der Waals surface area contributed by atoms with Gasteiger partial charge in [-0.3, -0.25) is 14.9 Å². The van der Waals surface area contributed by atoms with E-state index in [4.69, 9.17) is 0 Å². The molecule has 100 valence electrons. The highest BCUT2D eigenvalue weighted by Gasteiger charge is 2.26. The summed E-state index contributed by atoms with van der Waals surface area (Å²) >= 11 is 1.53. The maximum Gasteiger partial charge on any atom is 0.258 e. The number of hydrogen-bond donors (Lipinski definition) is 1. The Bertz CT molecular complexity index is 759. The number of amides is 2. The Hall–Kier alpha value is -2.27. The number of nitrogens with one attached hydrogen (secondary N) is 1. The third-order valence-electron chi connectivity index (χ3n) is 3.15. The summed E-state index contributed by atoms with van der Waals surface area (Å²) in [5.74, 6) is -0.709. The maximum absolute atomic E-state index is 12.1. The third kappa shape index (κ3) is 2.06. The van der Waals surface area contributed by atoms with Gasteiger partial charge in [0.1, 0.15) is 0 Å². The smallest absolute Gasteiger partial charge is 0.258 e. The minimum absolute atomic E-state index is 0.347. The number of thiazole rings is 1. The molecule has 2 aromatic rings. The number of rotatable bonds is 1. The van der Waals surface area contributed by atoms with E-state index in [1.165, 1.54) is 11.3 Å². The average molecular weight is 284 g/mol. The van der Waals surface area contributed by atoms with Crippen LogP contribution in [0.4, 0.5) is 0 Å². The summed E-state index contributed by atoms with van der Waals surface area (Å²) in [6, 6.07) is 7.12. The Labute approximate surface area is 120 Å². The molecule has 4 nitrogen and oxygen atoms in total. The number of fused-ring (bicyclic) bond motifs is 1. The van der Waals surface area contributed by atoms with Gasteiger partial charge in [0.2, 0.25) is 0 Å². The van der Waals surface area contributed by atoms with Crippen LogP contribution in [0.5, 0.6) is 0 Å². The van der Waals surface area contributed by atoms with E-state index in [0.29, 0.717) is 16.7 Å². The van der Waals surface area contributed by atoms with Gasteiger partial charge >= 0.3 is 0 Å². The van der Waals surface area contributed by atoms with E-state index in [1.807, 2.05) is 19.9 Å². The molecular formula is C15H12N2O2S. The lowest BCUT2D eigenvalue weighted by Gasteiger charge is -2.17. The van der Waals surface area contributed by atoms with Crippen molar-refractivity contribution in [2.75, 3.05) is 0 Å². The molecule has 0 saturated heterocycles. The number of benzene rings is 1. The first-order valence-electron chi connectivity index (χ1n) is 6.17. The molecule has 2 heterocycles. The first-order valence-corrected chi connectivity index (χ1v) is 6.98. The summed E-state index contributed by atoms with van der Waals surface area (Å²) in [6.07, 6.45) is 1.81. The Morgan fingerprint density at radius 1 is 1.10 bits per heavy atom. The van der Waals surface area contributed by atoms with Gasteiger partial charge in [-0.15, -0.1) is 11.3 Å². The zero-order chi connectivity index (χ0) is 14.3. The van der Waals surface area contributed by atoms with Crippen LogP contribution in [-0.4, -0.2) is 16.8 Å². The van der Waals surface area contributed by atoms with Gasteiger partial charge in [0.25, 0.3) is 11.8 Å². The lowest BCUT2D eigenvalue weighted by atomic mass is 9.94. The van der Waals surface area contributed by atoms with Gasteiger partial charge in [-0.1, -0.05) is 18.2 Å². The van der Waals surface area contributed by atoms with Gasteiger partial charge < -0.3 is 0 Å². The summed E-state index contributed by atoms with van der Waals surface area (Å²) < 4.78 is 0. The second-order valence-corrected chi connectivity index (χ2v) is 5.80. The van der Waals surface area contributed by atoms with Crippen molar-refractivity contribution in [3.8, 4) is 0 Å². The van der Waals surface area contributed by atoms with Crippen LogP contribution in [0.1, 0.15) is 31.5 Å². The monoisotopic (exact) mass is 284 g/mol. The van der Waals surface area contributed by atoms with Crippen LogP contribution in [0.15, 0.2) is 24.3 Å². The number of aromatic nitrogens is 1. The van der Waals surface area contributed by atoms with Crippen LogP contribution in [0.25, 0.3) is 11.6 Å². The number of carbonyl (C=O) groups excluding carboxylic acids is 2. The summed E-state index contributed by atoms with van der Waals surface area (Å²) in [5.41, 5.74) is 2.60. The molecule has 0 radical (unpaired) electrons. The van der Waals surface area contributed by atoms with Gasteiger partial charge in [0, 0.05) is 11.1 Å². The molecule has 1 aromatic carbocycles. The van der Waals surface area contributed by atoms with Crippen LogP contribution in [0.2, 0.25) is 0 Å². The van der Waals surface area contributed by atoms with Crippen molar-refractivity contribution in [3.05, 3.63) is 51.0 Å². The van der Waals surface area contributed by atoms with Crippen LogP contribution in [0.3, 0.4) is 0 Å². The molecule has 1 N–H and O–H groups in total. The SMILES string of the molecule is Cc1nc(C)c(/C=C2/C(=O)NC(=O)c3ccccc32)s1. The molecule has 1 aliphatic rings. The van der Waals surface area contributed by atoms with Crippen molar-refractivity contribution in [3.63, 3.8) is 0 Å². The van der Waals surface area contributed by atoms with Crippen molar-refractivity contribution >= 4 is 34.8 Å². The van der Waals surface area contributed by atoms with E-state index in [-0.39, 0.29) is 11.8 Å². The minimum atomic E-state index is -0.362. The van der Waals surface area contributed by atoms with E-state index in [9.17, 15) is 9.59 Å². The fourth-order valence-electron chi connectivity index (χ4n) is 2.23. The highest BCUT2D eigenvalue weighted by Crippen LogP contribution is 2.28. The normalized spacial score (nSPS) is 16.2. The summed E-state index contributed by atoms with van der Waals surface area (Å²) in [4.78, 5) is 29.2. The molecular weight excluding hydrogens is 272 g/mol. The molecule has 2 amide bonds. The van der Waals surface area contributed by atoms with E-state index in [0.717, 1.165) is 15.6 Å². The predicted octanol–water partition coefficient (Wildman–Crippen LogP) is 2.57. The molecule has 1 aliphatic heterocycles. The quantitative estimate of drug-likeness (QED) is 0.647. The molecule has 0 unspecified atom stereocenters. The molecule has 0 fully saturated rings. The van der Waals surface area contributed by atoms with E-state index >= 15 is 0 Å². The molecule has 0 spiro atoms. The van der Waals surface area contributed by atoms with Crippen LogP contribution < -0.4 is 5.32 Å². The van der Waals surface area contributed by atoms with Crippen molar-refractivity contribution in [1.82, 2.24) is 10.3 Å². The Balaban J connectivity index is 2.18. The fourth-order valence-corrected chi connectivity index (χ4v) is 3.10. The largest absolute Gasteiger partial charge is 0.288 e. The number of carbonyl (C=O) groups is 2. The fraction of sp³-hybridized carbons (Fsp3) is 0.133. The van der Waals surface area contributed by atoms with Crippen molar-refractivity contribution in [1.29, 1.82) is 0 Å². The number of nitrogens with zero attached hydrogens (tertiary/aromatic N) is 1. The average Bonchev–Trinajstić information content (AvgIpc) is 2.73. The van der Waals surface area contributed by atoms with Gasteiger partial charge in [-0.2, -0.15) is 0 Å². The van der Waals surface area contributed by atoms with E-state index < -0.39 is 0 Å². The molecule has 5 heteroatoms. The first kappa shape index (κ1) is 12.7. The number of hydrogen-bond acceptors (Lipinski definition) is 4. The lowest BCUT2D eigenvalue weighted by molar-refractivity contribution is -0.114. The van der Waals surface area contributed by atoms with Gasteiger partial charge in [0.15, 0.2) is 0 Å². The Morgan fingerprint density at radius 3 is 2.45 bits per heavy atom. The highest BCUT2D eigenvalue weighted by molar-refractivity contribution is 7.12. The zero-order valence-corrected chi connectivity index (χ0v) is 11.9. The van der Waals surface area contributed by atoms with Crippen molar-refractivity contribution in [2.24, 2.45) is 0 Å². The zero-order valence-electron chi connectivity index (χ0n) is 11.1. The minimum Gasteiger partial charge on any atom is -0.288 e. The van der Waals surface area contributed by atoms with Crippen molar-refractivity contribution < 1.29 is 9.59 Å². The molecule has 0 aliphatic carbocycles. The Kier molecular flexibility index (Phi) is 2.99. The standard InChI is InChI=1S/C15H12N2O2S/c1-8-13(20-9(2)16-8)7-12-10-5-3-4-6-11(10)14(18)17-15(12)19/h3-7H,1-2H3,(H,17,18,19)/b12-7+. The topological polar surface area (TPSA) is 59.1 Å². The summed E-state index contributed by atoms with van der Waals surface area (Å²) in [5, 5.41) is 3.32. The second-order valence-electron chi connectivity index (χ2n) is 4.57. The van der Waals surface area contributed by atoms with E-state index in [2.05, 4.69) is 10.3 Å². The summed E-state index contributed by atoms with van der Waals surface area (Å²) in [7, 11) is 0.